The van der Waals surface area contributed by atoms with Gasteiger partial charge in [-0.15, -0.1) is 0 Å². The Labute approximate surface area is 119 Å². The molecule has 0 atom stereocenters. The fraction of sp³-hybridized carbons (Fsp3) is 0.714. The fourth-order valence-electron chi connectivity index (χ4n) is 2.73. The second-order valence-corrected chi connectivity index (χ2v) is 6.16. The first-order chi connectivity index (χ1) is 8.94. The Kier molecular flexibility index (Phi) is 4.31. The van der Waals surface area contributed by atoms with Crippen LogP contribution in [0.3, 0.4) is 0 Å². The van der Waals surface area contributed by atoms with Gasteiger partial charge in [-0.1, -0.05) is 24.4 Å². The van der Waals surface area contributed by atoms with Gasteiger partial charge in [-0.25, -0.2) is 0 Å². The Morgan fingerprint density at radius 1 is 1.26 bits per heavy atom. The lowest BCUT2D eigenvalue weighted by molar-refractivity contribution is 0.0639. The molecule has 19 heavy (non-hydrogen) atoms. The molecule has 5 heteroatoms. The van der Waals surface area contributed by atoms with Gasteiger partial charge in [-0.2, -0.15) is 5.10 Å². The Morgan fingerprint density at radius 2 is 1.84 bits per heavy atom. The second-order valence-electron chi connectivity index (χ2n) is 5.75. The SMILES string of the molecule is Cn1ncc(Cl)c1C(=O)C(C)(C)N1CCCCCC1. The first-order valence-electron chi connectivity index (χ1n) is 6.92. The molecule has 0 saturated carbocycles. The van der Waals surface area contributed by atoms with Crippen molar-refractivity contribution in [2.24, 2.45) is 7.05 Å². The molecule has 1 aliphatic heterocycles. The number of ketones is 1. The summed E-state index contributed by atoms with van der Waals surface area (Å²) in [5, 5.41) is 4.50. The van der Waals surface area contributed by atoms with Crippen LogP contribution in [0.1, 0.15) is 50.0 Å². The zero-order valence-electron chi connectivity index (χ0n) is 11.9. The normalized spacial score (nSPS) is 18.3. The minimum atomic E-state index is -0.526. The Hall–Kier alpha value is -0.870. The molecule has 0 unspecified atom stereocenters. The van der Waals surface area contributed by atoms with Crippen LogP contribution in [0.25, 0.3) is 0 Å². The molecule has 1 aliphatic rings. The second kappa shape index (κ2) is 5.63. The van der Waals surface area contributed by atoms with E-state index in [-0.39, 0.29) is 5.78 Å². The number of aryl methyl sites for hydroxylation is 1. The van der Waals surface area contributed by atoms with E-state index in [2.05, 4.69) is 10.00 Å². The maximum Gasteiger partial charge on any atom is 0.201 e. The molecular formula is C14H22ClN3O. The molecule has 0 aliphatic carbocycles. The van der Waals surface area contributed by atoms with E-state index in [0.717, 1.165) is 25.9 Å². The van der Waals surface area contributed by atoms with E-state index in [4.69, 9.17) is 11.6 Å². The summed E-state index contributed by atoms with van der Waals surface area (Å²) in [6.07, 6.45) is 6.37. The molecule has 2 rings (SSSR count). The standard InChI is InChI=1S/C14H22ClN3O/c1-14(2,18-8-6-4-5-7-9-18)13(19)12-11(15)10-16-17(12)3/h10H,4-9H2,1-3H3. The maximum atomic E-state index is 12.8. The van der Waals surface area contributed by atoms with E-state index < -0.39 is 5.54 Å². The number of aromatic nitrogens is 2. The molecule has 0 bridgehead atoms. The fourth-order valence-corrected chi connectivity index (χ4v) is 2.98. The van der Waals surface area contributed by atoms with Crippen LogP contribution in [-0.4, -0.2) is 39.1 Å². The van der Waals surface area contributed by atoms with Gasteiger partial charge in [0.2, 0.25) is 5.78 Å². The Bertz CT molecular complexity index is 440. The maximum absolute atomic E-state index is 12.8. The zero-order chi connectivity index (χ0) is 14.0. The smallest absolute Gasteiger partial charge is 0.201 e. The van der Waals surface area contributed by atoms with Crippen molar-refractivity contribution in [3.8, 4) is 0 Å². The highest BCUT2D eigenvalue weighted by Crippen LogP contribution is 2.27. The summed E-state index contributed by atoms with van der Waals surface area (Å²) in [5.74, 6) is 0.0550. The Morgan fingerprint density at radius 3 is 2.32 bits per heavy atom. The van der Waals surface area contributed by atoms with Gasteiger partial charge in [-0.05, 0) is 39.8 Å². The number of carbonyl (C=O) groups excluding carboxylic acids is 1. The molecule has 1 aromatic rings. The number of halogens is 1. The number of nitrogens with zero attached hydrogens (tertiary/aromatic N) is 3. The molecule has 0 N–H and O–H groups in total. The number of likely N-dealkylation sites (tertiary alicyclic amines) is 1. The monoisotopic (exact) mass is 283 g/mol. The quantitative estimate of drug-likeness (QED) is 0.801. The Balaban J connectivity index is 2.25. The van der Waals surface area contributed by atoms with Crippen molar-refractivity contribution >= 4 is 17.4 Å². The van der Waals surface area contributed by atoms with E-state index in [9.17, 15) is 4.79 Å². The van der Waals surface area contributed by atoms with Crippen LogP contribution in [0.15, 0.2) is 6.20 Å². The first kappa shape index (κ1) is 14.5. The summed E-state index contributed by atoms with van der Waals surface area (Å²) in [4.78, 5) is 15.1. The summed E-state index contributed by atoms with van der Waals surface area (Å²) in [5.41, 5.74) is -0.0159. The third-order valence-electron chi connectivity index (χ3n) is 4.06. The average molecular weight is 284 g/mol. The van der Waals surface area contributed by atoms with Gasteiger partial charge in [-0.3, -0.25) is 14.4 Å². The lowest BCUT2D eigenvalue weighted by atomic mass is 9.93. The first-order valence-corrected chi connectivity index (χ1v) is 7.29. The molecule has 0 spiro atoms. The number of rotatable bonds is 3. The number of hydrogen-bond acceptors (Lipinski definition) is 3. The summed E-state index contributed by atoms with van der Waals surface area (Å²) in [6, 6.07) is 0. The van der Waals surface area contributed by atoms with Gasteiger partial charge in [0, 0.05) is 7.05 Å². The van der Waals surface area contributed by atoms with E-state index >= 15 is 0 Å². The van der Waals surface area contributed by atoms with Crippen LogP contribution in [-0.2, 0) is 7.05 Å². The van der Waals surface area contributed by atoms with Gasteiger partial charge >= 0.3 is 0 Å². The lowest BCUT2D eigenvalue weighted by Gasteiger charge is -2.36. The van der Waals surface area contributed by atoms with Crippen molar-refractivity contribution in [1.29, 1.82) is 0 Å². The minimum Gasteiger partial charge on any atom is -0.291 e. The third kappa shape index (κ3) is 2.84. The van der Waals surface area contributed by atoms with Crippen LogP contribution in [0, 0.1) is 0 Å². The summed E-state index contributed by atoms with van der Waals surface area (Å²) < 4.78 is 1.57. The highest BCUT2D eigenvalue weighted by molar-refractivity contribution is 6.34. The molecule has 0 amide bonds. The lowest BCUT2D eigenvalue weighted by Crippen LogP contribution is -2.51. The van der Waals surface area contributed by atoms with Crippen LogP contribution in [0.5, 0.6) is 0 Å². The van der Waals surface area contributed by atoms with Crippen molar-refractivity contribution in [3.05, 3.63) is 16.9 Å². The molecule has 1 fully saturated rings. The van der Waals surface area contributed by atoms with Gasteiger partial charge in [0.25, 0.3) is 0 Å². The van der Waals surface area contributed by atoms with Crippen molar-refractivity contribution in [2.75, 3.05) is 13.1 Å². The summed E-state index contributed by atoms with van der Waals surface area (Å²) >= 11 is 6.09. The van der Waals surface area contributed by atoms with Crippen LogP contribution >= 0.6 is 11.6 Å². The van der Waals surface area contributed by atoms with E-state index in [1.807, 2.05) is 13.8 Å². The van der Waals surface area contributed by atoms with E-state index in [0.29, 0.717) is 10.7 Å². The predicted molar refractivity (Wildman–Crippen MR) is 76.7 cm³/mol. The molecule has 0 radical (unpaired) electrons. The van der Waals surface area contributed by atoms with Gasteiger partial charge < -0.3 is 0 Å². The van der Waals surface area contributed by atoms with Gasteiger partial charge in [0.05, 0.1) is 16.8 Å². The summed E-state index contributed by atoms with van der Waals surface area (Å²) in [6.45, 7) is 5.94. The highest BCUT2D eigenvalue weighted by Gasteiger charge is 2.37. The molecule has 106 valence electrons. The molecule has 2 heterocycles. The predicted octanol–water partition coefficient (Wildman–Crippen LogP) is 2.91. The van der Waals surface area contributed by atoms with Crippen molar-refractivity contribution in [1.82, 2.24) is 14.7 Å². The molecule has 1 saturated heterocycles. The van der Waals surface area contributed by atoms with E-state index in [1.54, 1.807) is 11.7 Å². The highest BCUT2D eigenvalue weighted by atomic mass is 35.5. The molecule has 1 aromatic heterocycles. The number of Topliss-reactive ketones (excluding diaryl/α,β-unsaturated/α-hetero) is 1. The topological polar surface area (TPSA) is 38.1 Å². The third-order valence-corrected chi connectivity index (χ3v) is 4.34. The number of hydrogen-bond donors (Lipinski definition) is 0. The van der Waals surface area contributed by atoms with Crippen molar-refractivity contribution in [2.45, 2.75) is 45.1 Å². The van der Waals surface area contributed by atoms with Crippen LogP contribution in [0.4, 0.5) is 0 Å². The van der Waals surface area contributed by atoms with Crippen molar-refractivity contribution in [3.63, 3.8) is 0 Å². The van der Waals surface area contributed by atoms with Crippen LogP contribution in [0.2, 0.25) is 5.02 Å². The largest absolute Gasteiger partial charge is 0.291 e. The van der Waals surface area contributed by atoms with Gasteiger partial charge in [0.1, 0.15) is 5.69 Å². The van der Waals surface area contributed by atoms with Crippen molar-refractivity contribution < 1.29 is 4.79 Å². The zero-order valence-corrected chi connectivity index (χ0v) is 12.7. The minimum absolute atomic E-state index is 0.0550. The van der Waals surface area contributed by atoms with Gasteiger partial charge in [0.15, 0.2) is 0 Å². The molecule has 4 nitrogen and oxygen atoms in total. The molecular weight excluding hydrogens is 262 g/mol. The summed E-state index contributed by atoms with van der Waals surface area (Å²) in [7, 11) is 1.76. The van der Waals surface area contributed by atoms with Crippen LogP contribution < -0.4 is 0 Å². The number of carbonyl (C=O) groups is 1. The average Bonchev–Trinajstić information content (AvgIpc) is 2.61. The molecule has 0 aromatic carbocycles. The van der Waals surface area contributed by atoms with E-state index in [1.165, 1.54) is 19.0 Å².